The number of aliphatic hydroxyl groups excluding tert-OH is 1. The second kappa shape index (κ2) is 7.87. The maximum atomic E-state index is 12.3. The molecule has 0 saturated carbocycles. The van der Waals surface area contributed by atoms with Crippen LogP contribution in [-0.2, 0) is 10.2 Å². The summed E-state index contributed by atoms with van der Waals surface area (Å²) in [6.07, 6.45) is 5.44. The fourth-order valence-electron chi connectivity index (χ4n) is 3.20. The predicted molar refractivity (Wildman–Crippen MR) is 83.2 cm³/mol. The normalized spacial score (nSPS) is 27.6. The Morgan fingerprint density at radius 1 is 1.19 bits per heavy atom. The van der Waals surface area contributed by atoms with Gasteiger partial charge in [-0.2, -0.15) is 12.7 Å². The molecule has 0 aromatic carbocycles. The van der Waals surface area contributed by atoms with Crippen LogP contribution >= 0.6 is 0 Å². The molecule has 2 rings (SSSR count). The number of piperidine rings is 2. The van der Waals surface area contributed by atoms with Crippen molar-refractivity contribution in [2.75, 3.05) is 39.3 Å². The highest BCUT2D eigenvalue weighted by atomic mass is 32.2. The first-order valence-electron chi connectivity index (χ1n) is 8.12. The van der Waals surface area contributed by atoms with E-state index in [2.05, 4.69) is 16.5 Å². The highest BCUT2D eigenvalue weighted by molar-refractivity contribution is 7.87. The van der Waals surface area contributed by atoms with Crippen LogP contribution in [0.15, 0.2) is 0 Å². The summed E-state index contributed by atoms with van der Waals surface area (Å²) >= 11 is 0. The van der Waals surface area contributed by atoms with Crippen LogP contribution in [0.25, 0.3) is 0 Å². The zero-order valence-electron chi connectivity index (χ0n) is 13.0. The fraction of sp³-hybridized carbons (Fsp3) is 1.00. The number of hydrogen-bond acceptors (Lipinski definition) is 4. The van der Waals surface area contributed by atoms with Gasteiger partial charge in [-0.15, -0.1) is 0 Å². The van der Waals surface area contributed by atoms with Crippen molar-refractivity contribution in [2.45, 2.75) is 45.1 Å². The minimum Gasteiger partial charge on any atom is -0.396 e. The Kier molecular flexibility index (Phi) is 6.43. The van der Waals surface area contributed by atoms with Gasteiger partial charge in [0.2, 0.25) is 0 Å². The van der Waals surface area contributed by atoms with E-state index in [1.54, 1.807) is 0 Å². The largest absolute Gasteiger partial charge is 0.396 e. The van der Waals surface area contributed by atoms with Gasteiger partial charge in [0.25, 0.3) is 10.2 Å². The van der Waals surface area contributed by atoms with Crippen LogP contribution in [0.4, 0.5) is 0 Å². The number of hydrogen-bond donors (Lipinski definition) is 2. The predicted octanol–water partition coefficient (Wildman–Crippen LogP) is 0.400. The zero-order chi connectivity index (χ0) is 15.3. The van der Waals surface area contributed by atoms with Crippen molar-refractivity contribution in [1.82, 2.24) is 13.9 Å². The molecule has 2 heterocycles. The van der Waals surface area contributed by atoms with E-state index in [-0.39, 0.29) is 18.6 Å². The molecule has 0 aliphatic carbocycles. The Morgan fingerprint density at radius 3 is 2.57 bits per heavy atom. The lowest BCUT2D eigenvalue weighted by atomic mass is 10.0. The summed E-state index contributed by atoms with van der Waals surface area (Å²) in [5.74, 6) is 0.0786. The Morgan fingerprint density at radius 2 is 1.90 bits per heavy atom. The van der Waals surface area contributed by atoms with Gasteiger partial charge in [-0.25, -0.2) is 4.72 Å². The van der Waals surface area contributed by atoms with Gasteiger partial charge in [-0.1, -0.05) is 6.42 Å². The summed E-state index contributed by atoms with van der Waals surface area (Å²) in [7, 11) is -3.41. The van der Waals surface area contributed by atoms with E-state index >= 15 is 0 Å². The third kappa shape index (κ3) is 4.89. The van der Waals surface area contributed by atoms with Crippen molar-refractivity contribution in [3.8, 4) is 0 Å². The van der Waals surface area contributed by atoms with E-state index in [4.69, 9.17) is 0 Å². The molecule has 0 bridgehead atoms. The number of likely N-dealkylation sites (tertiary alicyclic amines) is 1. The molecule has 2 N–H and O–H groups in total. The number of aliphatic hydroxyl groups is 1. The Bertz CT molecular complexity index is 410. The molecular formula is C14H29N3O3S. The molecule has 0 amide bonds. The summed E-state index contributed by atoms with van der Waals surface area (Å²) in [4.78, 5) is 2.36. The van der Waals surface area contributed by atoms with Crippen LogP contribution in [0.1, 0.15) is 39.0 Å². The van der Waals surface area contributed by atoms with Gasteiger partial charge >= 0.3 is 0 Å². The molecule has 2 fully saturated rings. The van der Waals surface area contributed by atoms with Gasteiger partial charge in [-0.3, -0.25) is 4.90 Å². The smallest absolute Gasteiger partial charge is 0.279 e. The molecule has 0 spiro atoms. The minimum absolute atomic E-state index is 0.0657. The number of nitrogens with one attached hydrogen (secondary N) is 1. The van der Waals surface area contributed by atoms with Crippen molar-refractivity contribution in [3.05, 3.63) is 0 Å². The van der Waals surface area contributed by atoms with Crippen LogP contribution in [0.2, 0.25) is 0 Å². The monoisotopic (exact) mass is 319 g/mol. The summed E-state index contributed by atoms with van der Waals surface area (Å²) in [6.45, 7) is 5.74. The summed E-state index contributed by atoms with van der Waals surface area (Å²) in [6, 6.07) is 0.235. The van der Waals surface area contributed by atoms with Crippen molar-refractivity contribution < 1.29 is 13.5 Å². The van der Waals surface area contributed by atoms with E-state index in [9.17, 15) is 13.5 Å². The summed E-state index contributed by atoms with van der Waals surface area (Å²) < 4.78 is 28.9. The van der Waals surface area contributed by atoms with Crippen LogP contribution in [-0.4, -0.2) is 68.1 Å². The molecule has 0 aromatic rings. The molecule has 0 aromatic heterocycles. The van der Waals surface area contributed by atoms with Gasteiger partial charge in [-0.05, 0) is 51.6 Å². The van der Waals surface area contributed by atoms with Crippen LogP contribution in [0, 0.1) is 5.92 Å². The standard InChI is InChI=1S/C14H29N3O3S/c1-13(16-7-3-2-4-8-16)10-15-21(19,20)17-9-5-6-14(11-17)12-18/h13-15,18H,2-12H2,1H3. The lowest BCUT2D eigenvalue weighted by Gasteiger charge is -2.34. The molecule has 6 nitrogen and oxygen atoms in total. The summed E-state index contributed by atoms with van der Waals surface area (Å²) in [5.41, 5.74) is 0. The van der Waals surface area contributed by atoms with Crippen LogP contribution in [0.3, 0.4) is 0 Å². The van der Waals surface area contributed by atoms with E-state index in [1.165, 1.54) is 23.6 Å². The molecule has 2 unspecified atom stereocenters. The maximum Gasteiger partial charge on any atom is 0.279 e. The van der Waals surface area contributed by atoms with Crippen molar-refractivity contribution in [1.29, 1.82) is 0 Å². The van der Waals surface area contributed by atoms with Crippen molar-refractivity contribution >= 4 is 10.2 Å². The molecule has 7 heteroatoms. The zero-order valence-corrected chi connectivity index (χ0v) is 13.8. The lowest BCUT2D eigenvalue weighted by molar-refractivity contribution is 0.162. The first-order chi connectivity index (χ1) is 10.0. The van der Waals surface area contributed by atoms with Gasteiger partial charge in [0, 0.05) is 32.3 Å². The Hall–Kier alpha value is -0.210. The second-order valence-electron chi connectivity index (χ2n) is 6.35. The number of rotatable bonds is 6. The van der Waals surface area contributed by atoms with E-state index in [1.807, 2.05) is 0 Å². The van der Waals surface area contributed by atoms with Crippen LogP contribution < -0.4 is 4.72 Å². The SMILES string of the molecule is CC(CNS(=O)(=O)N1CCCC(CO)C1)N1CCCCC1. The molecule has 21 heavy (non-hydrogen) atoms. The van der Waals surface area contributed by atoms with E-state index < -0.39 is 10.2 Å². The topological polar surface area (TPSA) is 72.9 Å². The maximum absolute atomic E-state index is 12.3. The second-order valence-corrected chi connectivity index (χ2v) is 8.10. The van der Waals surface area contributed by atoms with E-state index in [0.717, 1.165) is 25.9 Å². The van der Waals surface area contributed by atoms with Crippen LogP contribution in [0.5, 0.6) is 0 Å². The first-order valence-corrected chi connectivity index (χ1v) is 9.56. The van der Waals surface area contributed by atoms with Crippen molar-refractivity contribution in [3.63, 3.8) is 0 Å². The van der Waals surface area contributed by atoms with E-state index in [0.29, 0.717) is 19.6 Å². The lowest BCUT2D eigenvalue weighted by Crippen LogP contribution is -2.50. The molecule has 2 aliphatic rings. The molecular weight excluding hydrogens is 290 g/mol. The highest BCUT2D eigenvalue weighted by Crippen LogP contribution is 2.18. The average Bonchev–Trinajstić information content (AvgIpc) is 2.53. The minimum atomic E-state index is -3.41. The molecule has 0 radical (unpaired) electrons. The molecule has 2 aliphatic heterocycles. The van der Waals surface area contributed by atoms with Crippen molar-refractivity contribution in [2.24, 2.45) is 5.92 Å². The summed E-state index contributed by atoms with van der Waals surface area (Å²) in [5, 5.41) is 9.21. The average molecular weight is 319 g/mol. The highest BCUT2D eigenvalue weighted by Gasteiger charge is 2.29. The Balaban J connectivity index is 1.82. The van der Waals surface area contributed by atoms with Gasteiger partial charge in [0.05, 0.1) is 0 Å². The van der Waals surface area contributed by atoms with Gasteiger partial charge in [0.15, 0.2) is 0 Å². The third-order valence-electron chi connectivity index (χ3n) is 4.65. The van der Waals surface area contributed by atoms with Gasteiger partial charge in [0.1, 0.15) is 0 Å². The third-order valence-corrected chi connectivity index (χ3v) is 6.20. The molecule has 124 valence electrons. The molecule has 2 atom stereocenters. The fourth-order valence-corrected chi connectivity index (χ4v) is 4.61. The first kappa shape index (κ1) is 17.1. The van der Waals surface area contributed by atoms with Gasteiger partial charge < -0.3 is 5.11 Å². The molecule has 2 saturated heterocycles. The quantitative estimate of drug-likeness (QED) is 0.743. The number of nitrogens with zero attached hydrogens (tertiary/aromatic N) is 2. The Labute approximate surface area is 128 Å².